The molecule has 1 unspecified atom stereocenters. The number of anilines is 1. The molecular formula is C24H36FN5O3. The summed E-state index contributed by atoms with van der Waals surface area (Å²) in [5.74, 6) is 0.316. The van der Waals surface area contributed by atoms with Crippen molar-refractivity contribution in [1.82, 2.24) is 20.2 Å². The second kappa shape index (κ2) is 9.81. The maximum Gasteiger partial charge on any atom is 0.407 e. The Morgan fingerprint density at radius 3 is 2.45 bits per heavy atom. The summed E-state index contributed by atoms with van der Waals surface area (Å²) in [7, 11) is 0. The maximum atomic E-state index is 14.6. The Bertz CT molecular complexity index is 862. The minimum atomic E-state index is -0.513. The molecule has 9 heteroatoms. The smallest absolute Gasteiger partial charge is 0.407 e. The molecule has 0 aromatic carbocycles. The first-order valence-electron chi connectivity index (χ1n) is 12.2. The SMILES string of the molecule is CC(C)(C)OC(=O)N[C@H]1CC[C@H](Nc2ncc(F)c(C3CCCN(C(=O)C4CC4)C3)n2)CC1. The van der Waals surface area contributed by atoms with E-state index in [9.17, 15) is 14.0 Å². The molecule has 3 fully saturated rings. The van der Waals surface area contributed by atoms with Crippen molar-refractivity contribution in [3.05, 3.63) is 17.7 Å². The molecule has 2 saturated carbocycles. The maximum absolute atomic E-state index is 14.6. The third kappa shape index (κ3) is 6.54. The molecule has 182 valence electrons. The number of nitrogens with one attached hydrogen (secondary N) is 2. The molecular weight excluding hydrogens is 425 g/mol. The fraction of sp³-hybridized carbons (Fsp3) is 0.750. The predicted molar refractivity (Wildman–Crippen MR) is 122 cm³/mol. The van der Waals surface area contributed by atoms with Crippen LogP contribution in [0.1, 0.15) is 83.7 Å². The molecule has 0 spiro atoms. The van der Waals surface area contributed by atoms with Crippen LogP contribution in [0, 0.1) is 11.7 Å². The number of alkyl carbamates (subject to hydrolysis) is 1. The van der Waals surface area contributed by atoms with Gasteiger partial charge in [-0.15, -0.1) is 0 Å². The second-order valence-electron chi connectivity index (χ2n) is 10.7. The third-order valence-electron chi connectivity index (χ3n) is 6.60. The highest BCUT2D eigenvalue weighted by Crippen LogP contribution is 2.34. The lowest BCUT2D eigenvalue weighted by Gasteiger charge is -2.33. The molecule has 1 aliphatic heterocycles. The van der Waals surface area contributed by atoms with Gasteiger partial charge in [0, 0.05) is 37.0 Å². The van der Waals surface area contributed by atoms with E-state index < -0.39 is 11.4 Å². The molecule has 2 heterocycles. The summed E-state index contributed by atoms with van der Waals surface area (Å²) in [6.45, 7) is 6.83. The van der Waals surface area contributed by atoms with Crippen molar-refractivity contribution >= 4 is 17.9 Å². The lowest BCUT2D eigenvalue weighted by atomic mass is 9.91. The molecule has 3 aliphatic rings. The van der Waals surface area contributed by atoms with Crippen LogP contribution in [0.3, 0.4) is 0 Å². The Kier molecular flexibility index (Phi) is 7.05. The minimum Gasteiger partial charge on any atom is -0.444 e. The first-order chi connectivity index (χ1) is 15.7. The third-order valence-corrected chi connectivity index (χ3v) is 6.60. The number of ether oxygens (including phenoxy) is 1. The van der Waals surface area contributed by atoms with Gasteiger partial charge in [-0.2, -0.15) is 0 Å². The van der Waals surface area contributed by atoms with Crippen LogP contribution in [-0.4, -0.2) is 57.6 Å². The number of likely N-dealkylation sites (tertiary alicyclic amines) is 1. The van der Waals surface area contributed by atoms with Gasteiger partial charge in [-0.25, -0.2) is 19.2 Å². The summed E-state index contributed by atoms with van der Waals surface area (Å²) in [5, 5.41) is 6.29. The topological polar surface area (TPSA) is 96.5 Å². The van der Waals surface area contributed by atoms with E-state index in [2.05, 4.69) is 20.6 Å². The summed E-state index contributed by atoms with van der Waals surface area (Å²) in [5.41, 5.74) is -0.109. The highest BCUT2D eigenvalue weighted by molar-refractivity contribution is 5.81. The van der Waals surface area contributed by atoms with Gasteiger partial charge in [-0.1, -0.05) is 0 Å². The van der Waals surface area contributed by atoms with E-state index >= 15 is 0 Å². The van der Waals surface area contributed by atoms with E-state index in [0.29, 0.717) is 18.2 Å². The van der Waals surface area contributed by atoms with E-state index in [1.54, 1.807) is 0 Å². The average molecular weight is 462 g/mol. The van der Waals surface area contributed by atoms with E-state index in [1.807, 2.05) is 25.7 Å². The molecule has 1 aromatic heterocycles. The molecule has 0 radical (unpaired) electrons. The number of nitrogens with zero attached hydrogens (tertiary/aromatic N) is 3. The number of hydrogen-bond acceptors (Lipinski definition) is 6. The van der Waals surface area contributed by atoms with E-state index in [0.717, 1.165) is 57.9 Å². The molecule has 2 amide bonds. The summed E-state index contributed by atoms with van der Waals surface area (Å²) in [4.78, 5) is 35.0. The largest absolute Gasteiger partial charge is 0.444 e. The Labute approximate surface area is 195 Å². The van der Waals surface area contributed by atoms with Crippen molar-refractivity contribution in [1.29, 1.82) is 0 Å². The monoisotopic (exact) mass is 461 g/mol. The molecule has 2 aliphatic carbocycles. The fourth-order valence-corrected chi connectivity index (χ4v) is 4.76. The van der Waals surface area contributed by atoms with Crippen LogP contribution < -0.4 is 10.6 Å². The summed E-state index contributed by atoms with van der Waals surface area (Å²) >= 11 is 0. The molecule has 8 nitrogen and oxygen atoms in total. The van der Waals surface area contributed by atoms with Crippen molar-refractivity contribution in [2.75, 3.05) is 18.4 Å². The van der Waals surface area contributed by atoms with Gasteiger partial charge in [-0.05, 0) is 72.1 Å². The van der Waals surface area contributed by atoms with E-state index in [1.165, 1.54) is 6.20 Å². The van der Waals surface area contributed by atoms with E-state index in [-0.39, 0.29) is 35.9 Å². The first kappa shape index (κ1) is 23.7. The quantitative estimate of drug-likeness (QED) is 0.689. The molecule has 1 saturated heterocycles. The van der Waals surface area contributed by atoms with Crippen molar-refractivity contribution < 1.29 is 18.7 Å². The van der Waals surface area contributed by atoms with Gasteiger partial charge >= 0.3 is 6.09 Å². The van der Waals surface area contributed by atoms with Crippen LogP contribution in [-0.2, 0) is 9.53 Å². The Morgan fingerprint density at radius 2 is 1.79 bits per heavy atom. The predicted octanol–water partition coefficient (Wildman–Crippen LogP) is 3.98. The molecule has 1 aromatic rings. The zero-order valence-corrected chi connectivity index (χ0v) is 19.9. The zero-order valence-electron chi connectivity index (χ0n) is 19.9. The van der Waals surface area contributed by atoms with Gasteiger partial charge in [0.15, 0.2) is 5.82 Å². The average Bonchev–Trinajstić information content (AvgIpc) is 3.60. The number of aromatic nitrogens is 2. The van der Waals surface area contributed by atoms with Crippen molar-refractivity contribution in [3.63, 3.8) is 0 Å². The number of halogens is 1. The molecule has 4 rings (SSSR count). The standard InChI is InChI=1S/C24H36FN5O3/c1-24(2,3)33-23(32)28-18-10-8-17(9-11-18)27-22-26-13-19(25)20(29-22)16-5-4-12-30(14-16)21(31)15-6-7-15/h13,15-18H,4-12,14H2,1-3H3,(H,28,32)(H,26,27,29)/t16?,17-,18-. The number of amides is 2. The van der Waals surface area contributed by atoms with Crippen LogP contribution >= 0.6 is 0 Å². The van der Waals surface area contributed by atoms with Gasteiger partial charge in [0.1, 0.15) is 5.60 Å². The lowest BCUT2D eigenvalue weighted by Crippen LogP contribution is -2.42. The molecule has 1 atom stereocenters. The summed E-state index contributed by atoms with van der Waals surface area (Å²) in [6.07, 6.45) is 7.85. The number of piperidine rings is 1. The Morgan fingerprint density at radius 1 is 1.09 bits per heavy atom. The molecule has 33 heavy (non-hydrogen) atoms. The molecule has 2 N–H and O–H groups in total. The van der Waals surface area contributed by atoms with E-state index in [4.69, 9.17) is 4.74 Å². The lowest BCUT2D eigenvalue weighted by molar-refractivity contribution is -0.133. The highest BCUT2D eigenvalue weighted by atomic mass is 19.1. The van der Waals surface area contributed by atoms with Crippen LogP contribution in [0.15, 0.2) is 6.20 Å². The minimum absolute atomic E-state index is 0.0832. The molecule has 0 bridgehead atoms. The van der Waals surface area contributed by atoms with Crippen LogP contribution in [0.5, 0.6) is 0 Å². The van der Waals surface area contributed by atoms with Crippen molar-refractivity contribution in [2.45, 2.75) is 95.7 Å². The number of rotatable bonds is 5. The second-order valence-corrected chi connectivity index (χ2v) is 10.7. The van der Waals surface area contributed by atoms with Crippen LogP contribution in [0.25, 0.3) is 0 Å². The number of carbonyl (C=O) groups excluding carboxylic acids is 2. The van der Waals surface area contributed by atoms with Crippen LogP contribution in [0.2, 0.25) is 0 Å². The fourth-order valence-electron chi connectivity index (χ4n) is 4.76. The summed E-state index contributed by atoms with van der Waals surface area (Å²) < 4.78 is 20.0. The zero-order chi connectivity index (χ0) is 23.6. The van der Waals surface area contributed by atoms with Crippen molar-refractivity contribution in [2.24, 2.45) is 5.92 Å². The number of hydrogen-bond donors (Lipinski definition) is 2. The van der Waals surface area contributed by atoms with Gasteiger partial charge < -0.3 is 20.3 Å². The first-order valence-corrected chi connectivity index (χ1v) is 12.2. The van der Waals surface area contributed by atoms with Gasteiger partial charge in [-0.3, -0.25) is 4.79 Å². The van der Waals surface area contributed by atoms with Crippen molar-refractivity contribution in [3.8, 4) is 0 Å². The van der Waals surface area contributed by atoms with Crippen LogP contribution in [0.4, 0.5) is 15.1 Å². The summed E-state index contributed by atoms with van der Waals surface area (Å²) in [6, 6.07) is 0.249. The highest BCUT2D eigenvalue weighted by Gasteiger charge is 2.36. The van der Waals surface area contributed by atoms with Gasteiger partial charge in [0.25, 0.3) is 0 Å². The Balaban J connectivity index is 1.30. The number of carbonyl (C=O) groups is 2. The normalized spacial score (nSPS) is 25.9. The Hall–Kier alpha value is -2.45. The van der Waals surface area contributed by atoms with Gasteiger partial charge in [0.05, 0.1) is 11.9 Å². The van der Waals surface area contributed by atoms with Gasteiger partial charge in [0.2, 0.25) is 11.9 Å².